The smallest absolute Gasteiger partial charge is 0.171 e. The van der Waals surface area contributed by atoms with Gasteiger partial charge < -0.3 is 9.53 Å². The molecule has 0 aromatic carbocycles. The molecule has 1 aliphatic heterocycles. The summed E-state index contributed by atoms with van der Waals surface area (Å²) in [6, 6.07) is 1.39. The molecule has 134 valence electrons. The Kier molecular flexibility index (Phi) is 10.0. The number of rotatable bonds is 6. The first-order chi connectivity index (χ1) is 10.0. The van der Waals surface area contributed by atoms with Gasteiger partial charge in [0.1, 0.15) is 0 Å². The van der Waals surface area contributed by atoms with E-state index in [9.17, 15) is 0 Å². The number of unbranched alkanes of at least 4 members (excludes halogenated alkanes) is 5. The number of hydrogen-bond acceptors (Lipinski definition) is 2. The van der Waals surface area contributed by atoms with Gasteiger partial charge >= 0.3 is 0 Å². The van der Waals surface area contributed by atoms with E-state index in [0.717, 1.165) is 6.42 Å². The molecule has 22 heavy (non-hydrogen) atoms. The SMILES string of the molecule is CC1C[Si](C)(C)[Si](C)(C)[Si](C)(C)O1.CCCCCCCCO. The van der Waals surface area contributed by atoms with E-state index in [4.69, 9.17) is 9.53 Å². The lowest BCUT2D eigenvalue weighted by Gasteiger charge is -2.54. The van der Waals surface area contributed by atoms with Crippen molar-refractivity contribution in [1.82, 2.24) is 0 Å². The summed E-state index contributed by atoms with van der Waals surface area (Å²) in [6.07, 6.45) is 8.04. The highest BCUT2D eigenvalue weighted by Crippen LogP contribution is 2.38. The lowest BCUT2D eigenvalue weighted by Crippen LogP contribution is -2.75. The maximum atomic E-state index is 8.42. The molecule has 0 aliphatic carbocycles. The highest BCUT2D eigenvalue weighted by Gasteiger charge is 2.57. The molecular weight excluding hydrogens is 320 g/mol. The van der Waals surface area contributed by atoms with Gasteiger partial charge in [-0.05, 0) is 32.5 Å². The van der Waals surface area contributed by atoms with Crippen LogP contribution < -0.4 is 0 Å². The maximum absolute atomic E-state index is 8.42. The van der Waals surface area contributed by atoms with Crippen molar-refractivity contribution in [3.05, 3.63) is 0 Å². The summed E-state index contributed by atoms with van der Waals surface area (Å²) < 4.78 is 6.26. The number of aliphatic hydroxyl groups is 1. The Morgan fingerprint density at radius 2 is 1.41 bits per heavy atom. The van der Waals surface area contributed by atoms with Crippen LogP contribution in [0, 0.1) is 0 Å². The molecule has 5 heteroatoms. The van der Waals surface area contributed by atoms with Gasteiger partial charge in [0.05, 0.1) is 7.11 Å². The molecule has 0 aromatic rings. The topological polar surface area (TPSA) is 29.5 Å². The molecule has 0 spiro atoms. The standard InChI is InChI=1S/C9H24OSi3.C8H18O/c1-9-8-11(2,3)13(6,7)12(4,5)10-9;1-2-3-4-5-6-7-8-9/h9H,8H2,1-7H3;9H,2-8H2,1H3. The number of hydrogen-bond donors (Lipinski definition) is 1. The van der Waals surface area contributed by atoms with E-state index in [2.05, 4.69) is 53.1 Å². The molecule has 1 unspecified atom stereocenters. The van der Waals surface area contributed by atoms with Crippen molar-refractivity contribution in [2.24, 2.45) is 0 Å². The van der Waals surface area contributed by atoms with Gasteiger partial charge in [-0.15, -0.1) is 0 Å². The van der Waals surface area contributed by atoms with Crippen molar-refractivity contribution in [2.75, 3.05) is 6.61 Å². The third-order valence-corrected chi connectivity index (χ3v) is 46.6. The summed E-state index contributed by atoms with van der Waals surface area (Å²) in [7, 11) is -3.29. The fraction of sp³-hybridized carbons (Fsp3) is 1.00. The molecule has 1 atom stereocenters. The zero-order valence-corrected chi connectivity index (χ0v) is 19.6. The van der Waals surface area contributed by atoms with Crippen LogP contribution in [0.2, 0.25) is 45.3 Å². The lowest BCUT2D eigenvalue weighted by atomic mass is 10.1. The van der Waals surface area contributed by atoms with E-state index >= 15 is 0 Å². The average Bonchev–Trinajstić information content (AvgIpc) is 2.36. The van der Waals surface area contributed by atoms with Crippen LogP contribution in [0.25, 0.3) is 0 Å². The Balaban J connectivity index is 0.000000433. The van der Waals surface area contributed by atoms with Gasteiger partial charge in [-0.2, -0.15) is 0 Å². The van der Waals surface area contributed by atoms with E-state index in [1.165, 1.54) is 38.1 Å². The van der Waals surface area contributed by atoms with E-state index in [1.807, 2.05) is 0 Å². The molecule has 1 rings (SSSR count). The molecule has 1 N–H and O–H groups in total. The Morgan fingerprint density at radius 3 is 1.86 bits per heavy atom. The second-order valence-electron chi connectivity index (χ2n) is 8.64. The van der Waals surface area contributed by atoms with Gasteiger partial charge in [-0.25, -0.2) is 0 Å². The third-order valence-electron chi connectivity index (χ3n) is 6.00. The van der Waals surface area contributed by atoms with Crippen molar-refractivity contribution < 1.29 is 9.53 Å². The van der Waals surface area contributed by atoms with Crippen LogP contribution in [0.4, 0.5) is 0 Å². The predicted molar refractivity (Wildman–Crippen MR) is 108 cm³/mol. The average molecular weight is 363 g/mol. The third kappa shape index (κ3) is 6.59. The Hall–Kier alpha value is 0.571. The van der Waals surface area contributed by atoms with E-state index in [-0.39, 0.29) is 0 Å². The van der Waals surface area contributed by atoms with Gasteiger partial charge in [0, 0.05) is 20.3 Å². The molecule has 0 saturated carbocycles. The molecule has 1 aliphatic rings. The molecule has 0 aromatic heterocycles. The van der Waals surface area contributed by atoms with Crippen LogP contribution >= 0.6 is 0 Å². The quantitative estimate of drug-likeness (QED) is 0.497. The Bertz CT molecular complexity index is 278. The molecule has 1 saturated heterocycles. The number of aliphatic hydroxyl groups excluding tert-OH is 1. The summed E-state index contributed by atoms with van der Waals surface area (Å²) >= 11 is 0. The van der Waals surface area contributed by atoms with Gasteiger partial charge in [-0.1, -0.05) is 65.2 Å². The maximum Gasteiger partial charge on any atom is 0.171 e. The first kappa shape index (κ1) is 22.6. The minimum absolute atomic E-state index is 0.367. The second-order valence-corrected chi connectivity index (χ2v) is 36.0. The van der Waals surface area contributed by atoms with Crippen LogP contribution in [0.15, 0.2) is 0 Å². The zero-order valence-electron chi connectivity index (χ0n) is 16.6. The van der Waals surface area contributed by atoms with E-state index in [0.29, 0.717) is 12.7 Å². The summed E-state index contributed by atoms with van der Waals surface area (Å²) in [4.78, 5) is 0. The minimum Gasteiger partial charge on any atom is -0.418 e. The van der Waals surface area contributed by atoms with Crippen LogP contribution in [0.3, 0.4) is 0 Å². The first-order valence-electron chi connectivity index (χ1n) is 9.30. The molecular formula is C17H42O2Si3. The normalized spacial score (nSPS) is 25.2. The fourth-order valence-electron chi connectivity index (χ4n) is 3.37. The van der Waals surface area contributed by atoms with E-state index in [1.54, 1.807) is 0 Å². The van der Waals surface area contributed by atoms with Crippen LogP contribution in [-0.4, -0.2) is 40.4 Å². The summed E-state index contributed by atoms with van der Waals surface area (Å²) in [6.45, 7) is 20.1. The monoisotopic (exact) mass is 362 g/mol. The molecule has 1 fully saturated rings. The van der Waals surface area contributed by atoms with Crippen LogP contribution in [0.5, 0.6) is 0 Å². The second kappa shape index (κ2) is 9.77. The van der Waals surface area contributed by atoms with Crippen molar-refractivity contribution in [3.8, 4) is 0 Å². The molecule has 0 radical (unpaired) electrons. The minimum atomic E-state index is -1.32. The highest BCUT2D eigenvalue weighted by atomic mass is 29.6. The molecule has 0 bridgehead atoms. The molecule has 2 nitrogen and oxygen atoms in total. The van der Waals surface area contributed by atoms with Gasteiger partial charge in [0.2, 0.25) is 0 Å². The molecule has 1 heterocycles. The highest BCUT2D eigenvalue weighted by molar-refractivity contribution is 7.67. The van der Waals surface area contributed by atoms with Crippen LogP contribution in [-0.2, 0) is 4.43 Å². The Labute approximate surface area is 142 Å². The van der Waals surface area contributed by atoms with Crippen molar-refractivity contribution in [2.45, 2.75) is 104 Å². The van der Waals surface area contributed by atoms with Crippen molar-refractivity contribution in [1.29, 1.82) is 0 Å². The van der Waals surface area contributed by atoms with Crippen molar-refractivity contribution in [3.63, 3.8) is 0 Å². The van der Waals surface area contributed by atoms with Gasteiger partial charge in [-0.3, -0.25) is 0 Å². The fourth-order valence-corrected chi connectivity index (χ4v) is 33.5. The van der Waals surface area contributed by atoms with E-state index < -0.39 is 22.5 Å². The lowest BCUT2D eigenvalue weighted by molar-refractivity contribution is 0.235. The van der Waals surface area contributed by atoms with Crippen LogP contribution in [0.1, 0.15) is 52.4 Å². The first-order valence-corrected chi connectivity index (χ1v) is 20.4. The summed E-state index contributed by atoms with van der Waals surface area (Å²) in [5, 5.41) is 8.42. The van der Waals surface area contributed by atoms with Gasteiger partial charge in [0.15, 0.2) is 7.83 Å². The summed E-state index contributed by atoms with van der Waals surface area (Å²) in [5.41, 5.74) is 0. The Morgan fingerprint density at radius 1 is 0.909 bits per heavy atom. The summed E-state index contributed by atoms with van der Waals surface area (Å²) in [5.74, 6) is 0. The van der Waals surface area contributed by atoms with Gasteiger partial charge in [0.25, 0.3) is 0 Å². The molecule has 0 amide bonds. The zero-order chi connectivity index (χ0) is 17.4. The predicted octanol–water partition coefficient (Wildman–Crippen LogP) is 5.52. The largest absolute Gasteiger partial charge is 0.418 e. The van der Waals surface area contributed by atoms with Crippen molar-refractivity contribution >= 4 is 22.5 Å².